The lowest BCUT2D eigenvalue weighted by Gasteiger charge is -2.07. The molecule has 0 unspecified atom stereocenters. The number of urea groups is 1. The molecule has 0 saturated heterocycles. The van der Waals surface area contributed by atoms with E-state index in [1.54, 1.807) is 0 Å². The standard InChI is InChI=1S/C11H23N3O/c1-4-9(2)7-5-6-8-10(3)13-14-11(12)15/h9H,4-8H2,1-3H3,(H3,12,14,15)/b13-10+/t9-/m1/s1. The van der Waals surface area contributed by atoms with Crippen LogP contribution in [0.5, 0.6) is 0 Å². The molecule has 2 amide bonds. The van der Waals surface area contributed by atoms with Crippen molar-refractivity contribution in [2.75, 3.05) is 0 Å². The molecule has 0 fully saturated rings. The van der Waals surface area contributed by atoms with Crippen molar-refractivity contribution in [1.29, 1.82) is 0 Å². The zero-order valence-corrected chi connectivity index (χ0v) is 10.0. The normalized spacial score (nSPS) is 13.7. The second kappa shape index (κ2) is 8.26. The summed E-state index contributed by atoms with van der Waals surface area (Å²) >= 11 is 0. The number of carbonyl (C=O) groups is 1. The maximum atomic E-state index is 10.4. The molecule has 0 aliphatic heterocycles. The number of nitrogens with two attached hydrogens (primary N) is 1. The van der Waals surface area contributed by atoms with E-state index in [1.165, 1.54) is 19.3 Å². The summed E-state index contributed by atoms with van der Waals surface area (Å²) in [6, 6.07) is -0.603. The number of hydrogen-bond acceptors (Lipinski definition) is 2. The van der Waals surface area contributed by atoms with Crippen molar-refractivity contribution in [2.24, 2.45) is 16.8 Å². The number of nitrogens with zero attached hydrogens (tertiary/aromatic N) is 1. The summed E-state index contributed by atoms with van der Waals surface area (Å²) in [4.78, 5) is 10.4. The fourth-order valence-corrected chi connectivity index (χ4v) is 1.28. The molecule has 88 valence electrons. The largest absolute Gasteiger partial charge is 0.350 e. The molecular weight excluding hydrogens is 190 g/mol. The molecule has 0 aromatic heterocycles. The van der Waals surface area contributed by atoms with Gasteiger partial charge in [-0.1, -0.05) is 33.1 Å². The number of hydrogen-bond donors (Lipinski definition) is 2. The van der Waals surface area contributed by atoms with Crippen molar-refractivity contribution < 1.29 is 4.79 Å². The van der Waals surface area contributed by atoms with Gasteiger partial charge in [-0.3, -0.25) is 0 Å². The fourth-order valence-electron chi connectivity index (χ4n) is 1.28. The summed E-state index contributed by atoms with van der Waals surface area (Å²) in [6.07, 6.45) is 5.79. The van der Waals surface area contributed by atoms with E-state index in [0.29, 0.717) is 0 Å². The first-order chi connectivity index (χ1) is 7.06. The van der Waals surface area contributed by atoms with Gasteiger partial charge in [0.05, 0.1) is 0 Å². The van der Waals surface area contributed by atoms with E-state index in [4.69, 9.17) is 5.73 Å². The summed E-state index contributed by atoms with van der Waals surface area (Å²) in [7, 11) is 0. The summed E-state index contributed by atoms with van der Waals surface area (Å²) in [5, 5.41) is 3.85. The Bertz CT molecular complexity index is 214. The van der Waals surface area contributed by atoms with E-state index in [9.17, 15) is 4.79 Å². The molecule has 0 saturated carbocycles. The predicted octanol–water partition coefficient (Wildman–Crippen LogP) is 2.64. The number of hydrazone groups is 1. The highest BCUT2D eigenvalue weighted by Crippen LogP contribution is 2.12. The van der Waals surface area contributed by atoms with Crippen LogP contribution in [-0.2, 0) is 0 Å². The Labute approximate surface area is 92.3 Å². The molecule has 0 bridgehead atoms. The molecule has 4 heteroatoms. The topological polar surface area (TPSA) is 67.5 Å². The van der Waals surface area contributed by atoms with Crippen LogP contribution >= 0.6 is 0 Å². The van der Waals surface area contributed by atoms with E-state index in [0.717, 1.165) is 24.5 Å². The SMILES string of the molecule is CC[C@@H](C)CCCC/C(C)=N/NC(N)=O. The van der Waals surface area contributed by atoms with E-state index in [1.807, 2.05) is 6.92 Å². The third-order valence-corrected chi connectivity index (χ3v) is 2.54. The van der Waals surface area contributed by atoms with Gasteiger partial charge in [0, 0.05) is 5.71 Å². The lowest BCUT2D eigenvalue weighted by atomic mass is 10.0. The molecular formula is C11H23N3O. The summed E-state index contributed by atoms with van der Waals surface area (Å²) in [5.41, 5.74) is 8.06. The average Bonchev–Trinajstić information content (AvgIpc) is 2.21. The Morgan fingerprint density at radius 2 is 2.13 bits per heavy atom. The molecule has 0 spiro atoms. The first kappa shape index (κ1) is 13.9. The van der Waals surface area contributed by atoms with Gasteiger partial charge in [-0.15, -0.1) is 0 Å². The van der Waals surface area contributed by atoms with Crippen molar-refractivity contribution in [3.8, 4) is 0 Å². The highest BCUT2D eigenvalue weighted by atomic mass is 16.2. The molecule has 0 radical (unpaired) electrons. The van der Waals surface area contributed by atoms with Crippen LogP contribution in [0.25, 0.3) is 0 Å². The maximum absolute atomic E-state index is 10.4. The first-order valence-electron chi connectivity index (χ1n) is 5.64. The summed E-state index contributed by atoms with van der Waals surface area (Å²) in [5.74, 6) is 0.811. The minimum Gasteiger partial charge on any atom is -0.350 e. The van der Waals surface area contributed by atoms with Crippen LogP contribution < -0.4 is 11.2 Å². The number of rotatable bonds is 7. The highest BCUT2D eigenvalue weighted by Gasteiger charge is 1.99. The summed E-state index contributed by atoms with van der Waals surface area (Å²) in [6.45, 7) is 6.39. The Hall–Kier alpha value is -1.06. The Kier molecular flexibility index (Phi) is 7.68. The predicted molar refractivity (Wildman–Crippen MR) is 63.8 cm³/mol. The molecule has 0 aromatic carbocycles. The minimum atomic E-state index is -0.603. The third-order valence-electron chi connectivity index (χ3n) is 2.54. The van der Waals surface area contributed by atoms with Crippen LogP contribution in [0.3, 0.4) is 0 Å². The first-order valence-corrected chi connectivity index (χ1v) is 5.64. The van der Waals surface area contributed by atoms with Gasteiger partial charge in [0.25, 0.3) is 0 Å². The lowest BCUT2D eigenvalue weighted by Crippen LogP contribution is -2.25. The van der Waals surface area contributed by atoms with Gasteiger partial charge < -0.3 is 5.73 Å². The summed E-state index contributed by atoms with van der Waals surface area (Å²) < 4.78 is 0. The molecule has 0 aromatic rings. The van der Waals surface area contributed by atoms with Crippen LogP contribution in [0.4, 0.5) is 4.79 Å². The number of nitrogens with one attached hydrogen (secondary N) is 1. The number of amides is 2. The molecule has 4 nitrogen and oxygen atoms in total. The van der Waals surface area contributed by atoms with Crippen LogP contribution in [-0.4, -0.2) is 11.7 Å². The van der Waals surface area contributed by atoms with Gasteiger partial charge in [0.15, 0.2) is 0 Å². The van der Waals surface area contributed by atoms with E-state index >= 15 is 0 Å². The maximum Gasteiger partial charge on any atom is 0.332 e. The van der Waals surface area contributed by atoms with Gasteiger partial charge in [-0.2, -0.15) is 5.10 Å². The molecule has 0 heterocycles. The quantitative estimate of drug-likeness (QED) is 0.381. The Morgan fingerprint density at radius 1 is 1.47 bits per heavy atom. The smallest absolute Gasteiger partial charge is 0.332 e. The van der Waals surface area contributed by atoms with Gasteiger partial charge in [0.1, 0.15) is 0 Å². The molecule has 3 N–H and O–H groups in total. The molecule has 1 atom stereocenters. The Morgan fingerprint density at radius 3 is 2.67 bits per heavy atom. The number of carbonyl (C=O) groups excluding carboxylic acids is 1. The van der Waals surface area contributed by atoms with E-state index in [-0.39, 0.29) is 0 Å². The van der Waals surface area contributed by atoms with Crippen molar-refractivity contribution in [3.63, 3.8) is 0 Å². The van der Waals surface area contributed by atoms with Gasteiger partial charge in [-0.25, -0.2) is 10.2 Å². The van der Waals surface area contributed by atoms with Crippen molar-refractivity contribution >= 4 is 11.7 Å². The van der Waals surface area contributed by atoms with Gasteiger partial charge in [-0.05, 0) is 25.7 Å². The van der Waals surface area contributed by atoms with Crippen molar-refractivity contribution in [3.05, 3.63) is 0 Å². The van der Waals surface area contributed by atoms with Crippen LogP contribution in [0.2, 0.25) is 0 Å². The van der Waals surface area contributed by atoms with Crippen LogP contribution in [0, 0.1) is 5.92 Å². The van der Waals surface area contributed by atoms with Gasteiger partial charge >= 0.3 is 6.03 Å². The number of primary amides is 1. The number of unbranched alkanes of at least 4 members (excludes halogenated alkanes) is 1. The minimum absolute atomic E-state index is 0.603. The molecule has 15 heavy (non-hydrogen) atoms. The second-order valence-electron chi connectivity index (χ2n) is 4.08. The van der Waals surface area contributed by atoms with Crippen LogP contribution in [0.1, 0.15) is 52.9 Å². The lowest BCUT2D eigenvalue weighted by molar-refractivity contribution is 0.249. The Balaban J connectivity index is 3.50. The van der Waals surface area contributed by atoms with E-state index < -0.39 is 6.03 Å². The van der Waals surface area contributed by atoms with Crippen molar-refractivity contribution in [2.45, 2.75) is 52.9 Å². The zero-order valence-electron chi connectivity index (χ0n) is 10.0. The highest BCUT2D eigenvalue weighted by molar-refractivity contribution is 5.83. The third kappa shape index (κ3) is 9.25. The zero-order chi connectivity index (χ0) is 11.7. The molecule has 0 rings (SSSR count). The molecule has 0 aliphatic rings. The molecule has 0 aliphatic carbocycles. The second-order valence-corrected chi connectivity index (χ2v) is 4.08. The van der Waals surface area contributed by atoms with Gasteiger partial charge in [0.2, 0.25) is 0 Å². The van der Waals surface area contributed by atoms with E-state index in [2.05, 4.69) is 24.4 Å². The van der Waals surface area contributed by atoms with Crippen LogP contribution in [0.15, 0.2) is 5.10 Å². The average molecular weight is 213 g/mol. The fraction of sp³-hybridized carbons (Fsp3) is 0.818. The van der Waals surface area contributed by atoms with Crippen molar-refractivity contribution in [1.82, 2.24) is 5.43 Å². The monoisotopic (exact) mass is 213 g/mol.